The van der Waals surface area contributed by atoms with Crippen LogP contribution in [0.1, 0.15) is 21.5 Å². The summed E-state index contributed by atoms with van der Waals surface area (Å²) in [4.78, 5) is 35.7. The van der Waals surface area contributed by atoms with Gasteiger partial charge in [-0.15, -0.1) is 0 Å². The van der Waals surface area contributed by atoms with Gasteiger partial charge in [0.05, 0.1) is 19.1 Å². The van der Waals surface area contributed by atoms with Crippen molar-refractivity contribution in [1.29, 1.82) is 0 Å². The molecule has 1 N–H and O–H groups in total. The molecular weight excluding hydrogens is 368 g/mol. The highest BCUT2D eigenvalue weighted by molar-refractivity contribution is 5.96. The number of benzene rings is 2. The minimum Gasteiger partial charge on any atom is -0.497 e. The van der Waals surface area contributed by atoms with Gasteiger partial charge < -0.3 is 19.5 Å². The highest BCUT2D eigenvalue weighted by Crippen LogP contribution is 2.25. The molecule has 0 aliphatic rings. The zero-order valence-electron chi connectivity index (χ0n) is 15.7. The molecule has 2 aromatic carbocycles. The van der Waals surface area contributed by atoms with Crippen molar-refractivity contribution in [2.24, 2.45) is 0 Å². The summed E-state index contributed by atoms with van der Waals surface area (Å²) in [7, 11) is 2.97. The van der Waals surface area contributed by atoms with E-state index >= 15 is 0 Å². The van der Waals surface area contributed by atoms with Gasteiger partial charge in [0.2, 0.25) is 0 Å². The third kappa shape index (κ3) is 4.97. The van der Waals surface area contributed by atoms with Gasteiger partial charge in [0, 0.05) is 29.8 Å². The number of carboxylic acids is 1. The van der Waals surface area contributed by atoms with Crippen LogP contribution in [0.25, 0.3) is 0 Å². The van der Waals surface area contributed by atoms with Crippen LogP contribution in [0.15, 0.2) is 36.4 Å². The number of aryl methyl sites for hydroxylation is 1. The number of amides is 1. The number of carboxylic acid groups (broad SMARTS) is 1. The Bertz CT molecular complexity index is 889. The van der Waals surface area contributed by atoms with Gasteiger partial charge in [0.25, 0.3) is 11.6 Å². The monoisotopic (exact) mass is 388 g/mol. The largest absolute Gasteiger partial charge is 0.497 e. The van der Waals surface area contributed by atoms with E-state index in [0.29, 0.717) is 22.6 Å². The highest BCUT2D eigenvalue weighted by atomic mass is 16.6. The van der Waals surface area contributed by atoms with Crippen LogP contribution in [0.4, 0.5) is 5.69 Å². The average Bonchev–Trinajstić information content (AvgIpc) is 2.65. The first kappa shape index (κ1) is 20.7. The van der Waals surface area contributed by atoms with Gasteiger partial charge in [-0.25, -0.2) is 0 Å². The first-order valence-corrected chi connectivity index (χ1v) is 8.23. The fraction of sp³-hybridized carbons (Fsp3) is 0.263. The Morgan fingerprint density at radius 2 is 1.71 bits per heavy atom. The molecule has 0 heterocycles. The number of nitro groups is 1. The van der Waals surface area contributed by atoms with Gasteiger partial charge in [-0.2, -0.15) is 0 Å². The lowest BCUT2D eigenvalue weighted by atomic mass is 10.1. The van der Waals surface area contributed by atoms with Crippen LogP contribution in [0.5, 0.6) is 11.5 Å². The summed E-state index contributed by atoms with van der Waals surface area (Å²) < 4.78 is 10.4. The molecule has 9 heteroatoms. The molecule has 1 amide bonds. The van der Waals surface area contributed by atoms with Crippen molar-refractivity contribution < 1.29 is 29.1 Å². The summed E-state index contributed by atoms with van der Waals surface area (Å²) in [6, 6.07) is 8.93. The molecule has 148 valence electrons. The molecule has 0 aliphatic heterocycles. The number of carbonyl (C=O) groups is 2. The average molecular weight is 388 g/mol. The van der Waals surface area contributed by atoms with Crippen LogP contribution >= 0.6 is 0 Å². The van der Waals surface area contributed by atoms with E-state index in [1.807, 2.05) is 0 Å². The number of nitrogens with zero attached hydrogens (tertiary/aromatic N) is 2. The van der Waals surface area contributed by atoms with Crippen molar-refractivity contribution in [3.8, 4) is 11.5 Å². The van der Waals surface area contributed by atoms with Crippen LogP contribution in [0, 0.1) is 17.0 Å². The van der Waals surface area contributed by atoms with E-state index in [2.05, 4.69) is 0 Å². The Morgan fingerprint density at radius 1 is 1.11 bits per heavy atom. The van der Waals surface area contributed by atoms with E-state index in [4.69, 9.17) is 9.47 Å². The van der Waals surface area contributed by atoms with Gasteiger partial charge in [-0.05, 0) is 36.8 Å². The minimum absolute atomic E-state index is 0.00523. The van der Waals surface area contributed by atoms with Crippen LogP contribution < -0.4 is 9.47 Å². The second kappa shape index (κ2) is 8.85. The van der Waals surface area contributed by atoms with E-state index in [9.17, 15) is 24.8 Å². The van der Waals surface area contributed by atoms with E-state index in [0.717, 1.165) is 4.90 Å². The van der Waals surface area contributed by atoms with Gasteiger partial charge in [-0.1, -0.05) is 0 Å². The SMILES string of the molecule is COc1cc(CN(CC(=O)O)C(=O)c2ccc([N+](=O)[O-])c(C)c2)cc(OC)c1. The first-order valence-electron chi connectivity index (χ1n) is 8.23. The maximum absolute atomic E-state index is 12.9. The Balaban J connectivity index is 2.36. The van der Waals surface area contributed by atoms with Gasteiger partial charge >= 0.3 is 5.97 Å². The summed E-state index contributed by atoms with van der Waals surface area (Å²) in [6.45, 7) is 0.979. The Morgan fingerprint density at radius 3 is 2.18 bits per heavy atom. The molecule has 2 rings (SSSR count). The lowest BCUT2D eigenvalue weighted by Gasteiger charge is -2.22. The minimum atomic E-state index is -1.18. The van der Waals surface area contributed by atoms with E-state index in [1.165, 1.54) is 39.3 Å². The number of carbonyl (C=O) groups excluding carboxylic acids is 1. The van der Waals surface area contributed by atoms with E-state index in [1.54, 1.807) is 18.2 Å². The quantitative estimate of drug-likeness (QED) is 0.545. The zero-order valence-corrected chi connectivity index (χ0v) is 15.7. The Kier molecular flexibility index (Phi) is 6.54. The van der Waals surface area contributed by atoms with Gasteiger partial charge in [0.1, 0.15) is 18.0 Å². The molecule has 2 aromatic rings. The molecule has 0 saturated heterocycles. The summed E-state index contributed by atoms with van der Waals surface area (Å²) in [5.74, 6) is -0.726. The van der Waals surface area contributed by atoms with Crippen LogP contribution in [0.3, 0.4) is 0 Å². The molecule has 0 bridgehead atoms. The lowest BCUT2D eigenvalue weighted by Crippen LogP contribution is -2.35. The topological polar surface area (TPSA) is 119 Å². The molecular formula is C19H20N2O7. The third-order valence-electron chi connectivity index (χ3n) is 4.04. The maximum Gasteiger partial charge on any atom is 0.323 e. The zero-order chi connectivity index (χ0) is 20.8. The van der Waals surface area contributed by atoms with Gasteiger partial charge in [-0.3, -0.25) is 19.7 Å². The number of nitro benzene ring substituents is 1. The van der Waals surface area contributed by atoms with Crippen molar-refractivity contribution in [2.75, 3.05) is 20.8 Å². The maximum atomic E-state index is 12.9. The standard InChI is InChI=1S/C19H20N2O7/c1-12-6-14(4-5-17(12)21(25)26)19(24)20(11-18(22)23)10-13-7-15(27-2)9-16(8-13)28-3/h4-9H,10-11H2,1-3H3,(H,22,23). The number of hydrogen-bond donors (Lipinski definition) is 1. The normalized spacial score (nSPS) is 10.2. The molecule has 0 unspecified atom stereocenters. The fourth-order valence-corrected chi connectivity index (χ4v) is 2.72. The highest BCUT2D eigenvalue weighted by Gasteiger charge is 2.21. The molecule has 0 radical (unpaired) electrons. The number of ether oxygens (including phenoxy) is 2. The first-order chi connectivity index (χ1) is 13.2. The summed E-state index contributed by atoms with van der Waals surface area (Å²) >= 11 is 0. The molecule has 28 heavy (non-hydrogen) atoms. The molecule has 0 atom stereocenters. The summed E-state index contributed by atoms with van der Waals surface area (Å²) in [5, 5.41) is 20.2. The predicted octanol–water partition coefficient (Wildman–Crippen LogP) is 2.65. The van der Waals surface area contributed by atoms with Gasteiger partial charge in [0.15, 0.2) is 0 Å². The predicted molar refractivity (Wildman–Crippen MR) is 99.8 cm³/mol. The molecule has 9 nitrogen and oxygen atoms in total. The van der Waals surface area contributed by atoms with Crippen molar-refractivity contribution in [3.63, 3.8) is 0 Å². The van der Waals surface area contributed by atoms with Crippen LogP contribution in [-0.4, -0.2) is 47.6 Å². The van der Waals surface area contributed by atoms with Crippen LogP contribution in [0.2, 0.25) is 0 Å². The number of hydrogen-bond acceptors (Lipinski definition) is 6. The van der Waals surface area contributed by atoms with E-state index in [-0.39, 0.29) is 17.8 Å². The summed E-state index contributed by atoms with van der Waals surface area (Å²) in [5.41, 5.74) is 0.983. The number of methoxy groups -OCH3 is 2. The molecule has 0 spiro atoms. The third-order valence-corrected chi connectivity index (χ3v) is 4.04. The van der Waals surface area contributed by atoms with Crippen molar-refractivity contribution in [3.05, 3.63) is 63.2 Å². The second-order valence-electron chi connectivity index (χ2n) is 6.03. The molecule has 0 aliphatic carbocycles. The number of rotatable bonds is 8. The number of aliphatic carboxylic acids is 1. The molecule has 0 saturated carbocycles. The smallest absolute Gasteiger partial charge is 0.323 e. The van der Waals surface area contributed by atoms with Crippen molar-refractivity contribution in [1.82, 2.24) is 4.90 Å². The molecule has 0 aromatic heterocycles. The lowest BCUT2D eigenvalue weighted by molar-refractivity contribution is -0.385. The van der Waals surface area contributed by atoms with E-state index < -0.39 is 23.3 Å². The van der Waals surface area contributed by atoms with Crippen LogP contribution in [-0.2, 0) is 11.3 Å². The second-order valence-corrected chi connectivity index (χ2v) is 6.03. The fourth-order valence-electron chi connectivity index (χ4n) is 2.72. The molecule has 0 fully saturated rings. The van der Waals surface area contributed by atoms with Crippen molar-refractivity contribution in [2.45, 2.75) is 13.5 Å². The van der Waals surface area contributed by atoms with Crippen molar-refractivity contribution >= 4 is 17.6 Å². The summed E-state index contributed by atoms with van der Waals surface area (Å²) in [6.07, 6.45) is 0. The Hall–Kier alpha value is -3.62. The Labute approximate surface area is 161 Å².